The van der Waals surface area contributed by atoms with E-state index in [1.54, 1.807) is 12.4 Å². The molecule has 10 heteroatoms. The predicted octanol–water partition coefficient (Wildman–Crippen LogP) is 1.16. The molecule has 0 aliphatic carbocycles. The molecule has 3 rings (SSSR count). The van der Waals surface area contributed by atoms with Crippen molar-refractivity contribution >= 4 is 15.9 Å². The topological polar surface area (TPSA) is 118 Å². The minimum Gasteiger partial charge on any atom is -0.394 e. The van der Waals surface area contributed by atoms with E-state index in [1.165, 1.54) is 12.1 Å². The van der Waals surface area contributed by atoms with Crippen molar-refractivity contribution in [1.29, 1.82) is 0 Å². The van der Waals surface area contributed by atoms with E-state index >= 15 is 0 Å². The highest BCUT2D eigenvalue weighted by Crippen LogP contribution is 2.23. The fraction of sp³-hybridized carbons (Fsp3) is 0.429. The largest absolute Gasteiger partial charge is 0.394 e. The van der Waals surface area contributed by atoms with Crippen LogP contribution in [0.15, 0.2) is 53.7 Å². The molecule has 0 unspecified atom stereocenters. The Labute approximate surface area is 180 Å². The third-order valence-corrected chi connectivity index (χ3v) is 6.63. The lowest BCUT2D eigenvalue weighted by molar-refractivity contribution is -0.130. The van der Waals surface area contributed by atoms with Crippen LogP contribution in [0.4, 0.5) is 4.39 Å². The van der Waals surface area contributed by atoms with Crippen molar-refractivity contribution in [2.24, 2.45) is 0 Å². The Morgan fingerprint density at radius 1 is 1.16 bits per heavy atom. The molecule has 0 radical (unpaired) electrons. The molecule has 1 saturated heterocycles. The van der Waals surface area contributed by atoms with E-state index in [4.69, 9.17) is 4.74 Å². The molecule has 1 aromatic carbocycles. The van der Waals surface area contributed by atoms with Gasteiger partial charge in [0, 0.05) is 18.9 Å². The number of hydrogen-bond acceptors (Lipinski definition) is 6. The van der Waals surface area contributed by atoms with Gasteiger partial charge < -0.3 is 15.2 Å². The molecule has 2 aromatic rings. The van der Waals surface area contributed by atoms with Gasteiger partial charge in [-0.05, 0) is 61.2 Å². The molecule has 3 atom stereocenters. The second-order valence-electron chi connectivity index (χ2n) is 7.40. The molecule has 0 bridgehead atoms. The van der Waals surface area contributed by atoms with E-state index in [0.717, 1.165) is 17.7 Å². The van der Waals surface area contributed by atoms with Crippen molar-refractivity contribution in [2.75, 3.05) is 13.2 Å². The van der Waals surface area contributed by atoms with Crippen LogP contribution in [0.2, 0.25) is 0 Å². The van der Waals surface area contributed by atoms with Gasteiger partial charge in [0.1, 0.15) is 5.82 Å². The fourth-order valence-electron chi connectivity index (χ4n) is 3.47. The number of nitrogens with one attached hydrogen (secondary N) is 2. The summed E-state index contributed by atoms with van der Waals surface area (Å²) in [6.07, 6.45) is 3.89. The van der Waals surface area contributed by atoms with Gasteiger partial charge in [-0.2, -0.15) is 0 Å². The van der Waals surface area contributed by atoms with Gasteiger partial charge in [0.15, 0.2) is 0 Å². The molecule has 3 N–H and O–H groups in total. The number of rotatable bonds is 9. The van der Waals surface area contributed by atoms with Gasteiger partial charge in [-0.15, -0.1) is 0 Å². The Bertz CT molecular complexity index is 957. The highest BCUT2D eigenvalue weighted by atomic mass is 32.2. The van der Waals surface area contributed by atoms with Crippen LogP contribution >= 0.6 is 0 Å². The number of aromatic nitrogens is 1. The molecular weight excluding hydrogens is 425 g/mol. The second kappa shape index (κ2) is 10.8. The zero-order valence-electron chi connectivity index (χ0n) is 16.9. The third-order valence-electron chi connectivity index (χ3n) is 5.12. The molecule has 2 heterocycles. The lowest BCUT2D eigenvalue weighted by Crippen LogP contribution is -2.51. The number of halogens is 1. The van der Waals surface area contributed by atoms with Crippen molar-refractivity contribution in [3.05, 3.63) is 60.2 Å². The van der Waals surface area contributed by atoms with Gasteiger partial charge in [0.2, 0.25) is 15.9 Å². The summed E-state index contributed by atoms with van der Waals surface area (Å²) < 4.78 is 46.4. The molecular formula is C21H26FN3O5S. The zero-order chi connectivity index (χ0) is 22.3. The van der Waals surface area contributed by atoms with Crippen molar-refractivity contribution in [1.82, 2.24) is 15.0 Å². The average molecular weight is 452 g/mol. The number of sulfonamides is 1. The maximum absolute atomic E-state index is 13.1. The van der Waals surface area contributed by atoms with Crippen LogP contribution in [0.1, 0.15) is 24.8 Å². The fourth-order valence-corrected chi connectivity index (χ4v) is 4.77. The summed E-state index contributed by atoms with van der Waals surface area (Å²) in [7, 11) is -3.89. The van der Waals surface area contributed by atoms with Crippen molar-refractivity contribution in [3.8, 4) is 0 Å². The summed E-state index contributed by atoms with van der Waals surface area (Å²) in [6, 6.07) is 7.61. The molecule has 0 saturated carbocycles. The van der Waals surface area contributed by atoms with Crippen molar-refractivity contribution < 1.29 is 27.4 Å². The number of aliphatic hydroxyl groups excluding tert-OH is 1. The van der Waals surface area contributed by atoms with E-state index in [2.05, 4.69) is 15.0 Å². The van der Waals surface area contributed by atoms with Gasteiger partial charge in [-0.3, -0.25) is 9.78 Å². The number of ether oxygens (including phenoxy) is 1. The number of benzene rings is 1. The second-order valence-corrected chi connectivity index (χ2v) is 9.11. The first-order valence-electron chi connectivity index (χ1n) is 10.1. The SMILES string of the molecule is O=C(C[C@H]1CC[C@@H](NS(=O)(=O)c2ccc(F)cc2)[C@H](CO)O1)NCCc1ccncc1. The minimum absolute atomic E-state index is 0.0683. The maximum Gasteiger partial charge on any atom is 0.240 e. The van der Waals surface area contributed by atoms with Crippen LogP contribution in [0.25, 0.3) is 0 Å². The summed E-state index contributed by atoms with van der Waals surface area (Å²) in [5.41, 5.74) is 1.07. The van der Waals surface area contributed by atoms with Crippen LogP contribution in [-0.2, 0) is 26.0 Å². The van der Waals surface area contributed by atoms with Crippen molar-refractivity contribution in [2.45, 2.75) is 48.8 Å². The predicted molar refractivity (Wildman–Crippen MR) is 111 cm³/mol. The molecule has 0 spiro atoms. The number of pyridine rings is 1. The molecule has 1 aromatic heterocycles. The van der Waals surface area contributed by atoms with Crippen LogP contribution < -0.4 is 10.0 Å². The van der Waals surface area contributed by atoms with Crippen molar-refractivity contribution in [3.63, 3.8) is 0 Å². The number of aliphatic hydroxyl groups is 1. The van der Waals surface area contributed by atoms with E-state index < -0.39 is 40.7 Å². The Morgan fingerprint density at radius 3 is 2.55 bits per heavy atom. The monoisotopic (exact) mass is 451 g/mol. The van der Waals surface area contributed by atoms with Crippen LogP contribution in [0.5, 0.6) is 0 Å². The van der Waals surface area contributed by atoms with Gasteiger partial charge in [-0.1, -0.05) is 0 Å². The summed E-state index contributed by atoms with van der Waals surface area (Å²) in [5.74, 6) is -0.698. The highest BCUT2D eigenvalue weighted by molar-refractivity contribution is 7.89. The molecule has 1 aliphatic rings. The Balaban J connectivity index is 1.48. The molecule has 1 fully saturated rings. The lowest BCUT2D eigenvalue weighted by atomic mass is 9.98. The summed E-state index contributed by atoms with van der Waals surface area (Å²) in [4.78, 5) is 16.1. The van der Waals surface area contributed by atoms with Gasteiger partial charge in [-0.25, -0.2) is 17.5 Å². The van der Waals surface area contributed by atoms with E-state index in [9.17, 15) is 22.7 Å². The molecule has 1 aliphatic heterocycles. The number of nitrogens with zero attached hydrogens (tertiary/aromatic N) is 1. The molecule has 8 nitrogen and oxygen atoms in total. The van der Waals surface area contributed by atoms with Crippen LogP contribution in [-0.4, -0.2) is 55.8 Å². The third kappa shape index (κ3) is 6.79. The van der Waals surface area contributed by atoms with Gasteiger partial charge in [0.05, 0.1) is 36.2 Å². The number of carbonyl (C=O) groups excluding carboxylic acids is 1. The Kier molecular flexibility index (Phi) is 8.08. The van der Waals surface area contributed by atoms with Crippen LogP contribution in [0.3, 0.4) is 0 Å². The van der Waals surface area contributed by atoms with E-state index in [-0.39, 0.29) is 17.2 Å². The molecule has 168 valence electrons. The van der Waals surface area contributed by atoms with Gasteiger partial charge >= 0.3 is 0 Å². The summed E-state index contributed by atoms with van der Waals surface area (Å²) in [6.45, 7) is 0.0931. The number of carbonyl (C=O) groups is 1. The summed E-state index contributed by atoms with van der Waals surface area (Å²) in [5, 5.41) is 12.5. The summed E-state index contributed by atoms with van der Waals surface area (Å²) >= 11 is 0. The average Bonchev–Trinajstić information content (AvgIpc) is 2.75. The number of hydrogen-bond donors (Lipinski definition) is 3. The lowest BCUT2D eigenvalue weighted by Gasteiger charge is -2.35. The molecule has 1 amide bonds. The van der Waals surface area contributed by atoms with Crippen LogP contribution in [0, 0.1) is 5.82 Å². The maximum atomic E-state index is 13.1. The van der Waals surface area contributed by atoms with E-state index in [0.29, 0.717) is 25.8 Å². The Hall–Kier alpha value is -2.40. The molecule has 31 heavy (non-hydrogen) atoms. The van der Waals surface area contributed by atoms with Gasteiger partial charge in [0.25, 0.3) is 0 Å². The Morgan fingerprint density at radius 2 is 1.87 bits per heavy atom. The minimum atomic E-state index is -3.89. The zero-order valence-corrected chi connectivity index (χ0v) is 17.7. The highest BCUT2D eigenvalue weighted by Gasteiger charge is 2.34. The first-order chi connectivity index (χ1) is 14.9. The van der Waals surface area contributed by atoms with E-state index in [1.807, 2.05) is 12.1 Å². The quantitative estimate of drug-likeness (QED) is 0.527. The number of amides is 1. The first-order valence-corrected chi connectivity index (χ1v) is 11.6. The smallest absolute Gasteiger partial charge is 0.240 e. The standard InChI is InChI=1S/C21H26FN3O5S/c22-16-1-4-18(5-2-16)31(28,29)25-19-6-3-17(30-20(19)14-26)13-21(27)24-12-9-15-7-10-23-11-8-15/h1-2,4-5,7-8,10-11,17,19-20,25-26H,3,6,9,12-14H2,(H,24,27)/t17-,19-,20+/m1/s1. The normalized spacial score (nSPS) is 21.5. The first kappa shape index (κ1) is 23.3.